The van der Waals surface area contributed by atoms with Gasteiger partial charge in [-0.25, -0.2) is 4.98 Å². The topological polar surface area (TPSA) is 33.1 Å². The average molecular weight is 276 g/mol. The van der Waals surface area contributed by atoms with Crippen molar-refractivity contribution in [3.63, 3.8) is 0 Å². The maximum absolute atomic E-state index is 4.41. The van der Waals surface area contributed by atoms with Crippen molar-refractivity contribution in [3.8, 4) is 0 Å². The zero-order chi connectivity index (χ0) is 14.0. The minimum atomic E-state index is 0.281. The summed E-state index contributed by atoms with van der Waals surface area (Å²) in [6.07, 6.45) is 9.38. The summed E-state index contributed by atoms with van der Waals surface area (Å²) in [6.45, 7) is 8.27. The Bertz CT molecular complexity index is 425. The Kier molecular flexibility index (Phi) is 4.13. The van der Waals surface area contributed by atoms with E-state index in [1.165, 1.54) is 44.5 Å². The van der Waals surface area contributed by atoms with Gasteiger partial charge in [0.1, 0.15) is 0 Å². The first-order chi connectivity index (χ1) is 9.67. The van der Waals surface area contributed by atoms with E-state index in [0.29, 0.717) is 0 Å². The maximum Gasteiger partial charge on any atom is 0.0948 e. The fourth-order valence-corrected chi connectivity index (χ4v) is 3.71. The van der Waals surface area contributed by atoms with E-state index in [9.17, 15) is 0 Å². The third-order valence-corrected chi connectivity index (χ3v) is 5.32. The van der Waals surface area contributed by atoms with Crippen LogP contribution in [0.4, 0.5) is 0 Å². The number of hydrogen-bond acceptors (Lipinski definition) is 3. The first-order valence-corrected chi connectivity index (χ1v) is 8.07. The van der Waals surface area contributed by atoms with Gasteiger partial charge in [0.15, 0.2) is 0 Å². The molecule has 3 rings (SSSR count). The lowest BCUT2D eigenvalue weighted by Crippen LogP contribution is -2.31. The summed E-state index contributed by atoms with van der Waals surface area (Å²) >= 11 is 0. The van der Waals surface area contributed by atoms with Gasteiger partial charge in [0.2, 0.25) is 0 Å². The zero-order valence-corrected chi connectivity index (χ0v) is 12.9. The van der Waals surface area contributed by atoms with Gasteiger partial charge in [-0.1, -0.05) is 6.92 Å². The number of aryl methyl sites for hydroxylation is 1. The largest absolute Gasteiger partial charge is 0.334 e. The van der Waals surface area contributed by atoms with Crippen molar-refractivity contribution in [3.05, 3.63) is 18.2 Å². The van der Waals surface area contributed by atoms with Gasteiger partial charge in [-0.3, -0.25) is 0 Å². The van der Waals surface area contributed by atoms with Crippen LogP contribution in [0.1, 0.15) is 38.3 Å². The van der Waals surface area contributed by atoms with Crippen LogP contribution in [0.25, 0.3) is 0 Å². The highest BCUT2D eigenvalue weighted by atomic mass is 15.1. The summed E-state index contributed by atoms with van der Waals surface area (Å²) in [5.41, 5.74) is 1.71. The van der Waals surface area contributed by atoms with Crippen LogP contribution >= 0.6 is 0 Å². The molecule has 1 aromatic rings. The Morgan fingerprint density at radius 1 is 1.40 bits per heavy atom. The molecule has 4 nitrogen and oxygen atoms in total. The molecular formula is C16H28N4. The summed E-state index contributed by atoms with van der Waals surface area (Å²) < 4.78 is 2.41. The Morgan fingerprint density at radius 3 is 2.90 bits per heavy atom. The van der Waals surface area contributed by atoms with Gasteiger partial charge < -0.3 is 14.8 Å². The molecule has 1 unspecified atom stereocenters. The molecule has 1 atom stereocenters. The molecule has 0 saturated carbocycles. The van der Waals surface area contributed by atoms with Gasteiger partial charge in [-0.2, -0.15) is 0 Å². The molecule has 20 heavy (non-hydrogen) atoms. The van der Waals surface area contributed by atoms with Gasteiger partial charge in [-0.15, -0.1) is 0 Å². The molecule has 2 aliphatic heterocycles. The molecule has 2 saturated heterocycles. The molecule has 2 fully saturated rings. The van der Waals surface area contributed by atoms with Crippen molar-refractivity contribution in [1.29, 1.82) is 0 Å². The highest BCUT2D eigenvalue weighted by Gasteiger charge is 2.33. The molecule has 0 aromatic carbocycles. The Labute approximate surface area is 122 Å². The van der Waals surface area contributed by atoms with Gasteiger partial charge in [-0.05, 0) is 58.3 Å². The number of nitrogens with zero attached hydrogens (tertiary/aromatic N) is 3. The molecule has 0 spiro atoms. The quantitative estimate of drug-likeness (QED) is 0.911. The van der Waals surface area contributed by atoms with Crippen molar-refractivity contribution >= 4 is 0 Å². The molecule has 4 heteroatoms. The van der Waals surface area contributed by atoms with Crippen LogP contribution in [-0.2, 0) is 12.0 Å². The van der Waals surface area contributed by atoms with Gasteiger partial charge >= 0.3 is 0 Å². The molecule has 0 aliphatic carbocycles. The fraction of sp³-hybridized carbons (Fsp3) is 0.812. The highest BCUT2D eigenvalue weighted by molar-refractivity contribution is 5.17. The second-order valence-corrected chi connectivity index (χ2v) is 7.00. The van der Waals surface area contributed by atoms with E-state index < -0.39 is 0 Å². The molecule has 112 valence electrons. The van der Waals surface area contributed by atoms with E-state index in [-0.39, 0.29) is 5.41 Å². The number of nitrogens with one attached hydrogen (secondary N) is 1. The molecule has 2 aliphatic rings. The Hall–Kier alpha value is -0.870. The van der Waals surface area contributed by atoms with Crippen LogP contribution < -0.4 is 5.32 Å². The van der Waals surface area contributed by atoms with Crippen molar-refractivity contribution in [2.24, 2.45) is 5.92 Å². The number of imidazole rings is 1. The summed E-state index contributed by atoms with van der Waals surface area (Å²) in [6, 6.07) is 0. The monoisotopic (exact) mass is 276 g/mol. The predicted molar refractivity (Wildman–Crippen MR) is 81.9 cm³/mol. The summed E-state index contributed by atoms with van der Waals surface area (Å²) in [5.74, 6) is 0.899. The smallest absolute Gasteiger partial charge is 0.0948 e. The van der Waals surface area contributed by atoms with Crippen LogP contribution in [0.3, 0.4) is 0 Å². The minimum absolute atomic E-state index is 0.281. The van der Waals surface area contributed by atoms with Gasteiger partial charge in [0, 0.05) is 30.4 Å². The second kappa shape index (κ2) is 5.86. The Morgan fingerprint density at radius 2 is 2.20 bits per heavy atom. The van der Waals surface area contributed by atoms with E-state index in [1.807, 2.05) is 6.33 Å². The molecular weight excluding hydrogens is 248 g/mol. The van der Waals surface area contributed by atoms with E-state index in [4.69, 9.17) is 0 Å². The number of likely N-dealkylation sites (tertiary alicyclic amines) is 1. The van der Waals surface area contributed by atoms with Crippen LogP contribution in [0.2, 0.25) is 0 Å². The molecule has 0 amide bonds. The molecule has 1 N–H and O–H groups in total. The number of piperidine rings is 1. The van der Waals surface area contributed by atoms with Crippen LogP contribution in [0, 0.1) is 5.92 Å². The van der Waals surface area contributed by atoms with E-state index in [2.05, 4.69) is 39.9 Å². The number of rotatable bonds is 4. The summed E-state index contributed by atoms with van der Waals surface area (Å²) in [7, 11) is 2.23. The van der Waals surface area contributed by atoms with E-state index >= 15 is 0 Å². The van der Waals surface area contributed by atoms with Crippen molar-refractivity contribution in [1.82, 2.24) is 19.8 Å². The van der Waals surface area contributed by atoms with E-state index in [0.717, 1.165) is 25.6 Å². The zero-order valence-electron chi connectivity index (χ0n) is 12.9. The first kappa shape index (κ1) is 14.1. The standard InChI is InChI=1S/C16H28N4/c1-16(6-7-17-12-16)15-11-18-13-20(15)10-5-14-3-8-19(2)9-4-14/h11,13-14,17H,3-10,12H2,1-2H3. The minimum Gasteiger partial charge on any atom is -0.334 e. The fourth-order valence-electron chi connectivity index (χ4n) is 3.71. The molecule has 3 heterocycles. The lowest BCUT2D eigenvalue weighted by molar-refractivity contribution is 0.207. The Balaban J connectivity index is 1.59. The van der Waals surface area contributed by atoms with Crippen molar-refractivity contribution < 1.29 is 0 Å². The average Bonchev–Trinajstić information content (AvgIpc) is 3.08. The lowest BCUT2D eigenvalue weighted by atomic mass is 9.86. The van der Waals surface area contributed by atoms with Crippen LogP contribution in [0.15, 0.2) is 12.5 Å². The van der Waals surface area contributed by atoms with Gasteiger partial charge in [0.25, 0.3) is 0 Å². The van der Waals surface area contributed by atoms with Gasteiger partial charge in [0.05, 0.1) is 6.33 Å². The van der Waals surface area contributed by atoms with Crippen LogP contribution in [-0.4, -0.2) is 47.7 Å². The van der Waals surface area contributed by atoms with Crippen molar-refractivity contribution in [2.45, 2.75) is 44.6 Å². The predicted octanol–water partition coefficient (Wildman–Crippen LogP) is 1.87. The second-order valence-electron chi connectivity index (χ2n) is 7.00. The van der Waals surface area contributed by atoms with Crippen molar-refractivity contribution in [2.75, 3.05) is 33.2 Å². The summed E-state index contributed by atoms with van der Waals surface area (Å²) in [4.78, 5) is 6.86. The molecule has 0 radical (unpaired) electrons. The third kappa shape index (κ3) is 2.91. The van der Waals surface area contributed by atoms with Crippen LogP contribution in [0.5, 0.6) is 0 Å². The molecule has 1 aromatic heterocycles. The summed E-state index contributed by atoms with van der Waals surface area (Å²) in [5, 5.41) is 3.49. The number of hydrogen-bond donors (Lipinski definition) is 1. The SMILES string of the molecule is CN1CCC(CCn2cncc2C2(C)CCNC2)CC1. The normalized spacial score (nSPS) is 29.1. The maximum atomic E-state index is 4.41. The lowest BCUT2D eigenvalue weighted by Gasteiger charge is -2.30. The first-order valence-electron chi connectivity index (χ1n) is 8.07. The number of aromatic nitrogens is 2. The van der Waals surface area contributed by atoms with E-state index in [1.54, 1.807) is 0 Å². The third-order valence-electron chi connectivity index (χ3n) is 5.32. The molecule has 0 bridgehead atoms. The highest BCUT2D eigenvalue weighted by Crippen LogP contribution is 2.30.